The average Bonchev–Trinajstić information content (AvgIpc) is 3.21. The van der Waals surface area contributed by atoms with E-state index in [0.29, 0.717) is 40.3 Å². The molecule has 168 valence electrons. The van der Waals surface area contributed by atoms with E-state index in [2.05, 4.69) is 19.9 Å². The lowest BCUT2D eigenvalue weighted by Crippen LogP contribution is -2.32. The SMILES string of the molecule is Cc1nc(-c2cccc(N(C(N)=O)c3cc(-c4ccnc(C(C)(C)O)n4)ccc3C)n2)co1. The highest BCUT2D eigenvalue weighted by molar-refractivity contribution is 5.99. The van der Waals surface area contributed by atoms with Gasteiger partial charge in [0.05, 0.1) is 17.1 Å². The number of nitrogens with zero attached hydrogens (tertiary/aromatic N) is 5. The summed E-state index contributed by atoms with van der Waals surface area (Å²) in [6.45, 7) is 6.86. The van der Waals surface area contributed by atoms with Crippen molar-refractivity contribution in [1.82, 2.24) is 19.9 Å². The Hall–Kier alpha value is -4.11. The van der Waals surface area contributed by atoms with Gasteiger partial charge < -0.3 is 15.3 Å². The number of hydrogen-bond donors (Lipinski definition) is 2. The Bertz CT molecular complexity index is 1330. The fourth-order valence-electron chi connectivity index (χ4n) is 3.35. The van der Waals surface area contributed by atoms with E-state index in [1.165, 1.54) is 11.2 Å². The molecule has 3 N–H and O–H groups in total. The molecule has 0 aliphatic rings. The van der Waals surface area contributed by atoms with E-state index in [1.54, 1.807) is 51.2 Å². The van der Waals surface area contributed by atoms with E-state index in [9.17, 15) is 9.90 Å². The number of hydrogen-bond acceptors (Lipinski definition) is 7. The first-order valence-electron chi connectivity index (χ1n) is 10.3. The first kappa shape index (κ1) is 22.1. The molecule has 0 aliphatic heterocycles. The molecule has 0 spiro atoms. The van der Waals surface area contributed by atoms with Crippen molar-refractivity contribution in [3.05, 3.63) is 72.2 Å². The van der Waals surface area contributed by atoms with Gasteiger partial charge in [0.2, 0.25) is 0 Å². The van der Waals surface area contributed by atoms with Crippen molar-refractivity contribution in [3.63, 3.8) is 0 Å². The van der Waals surface area contributed by atoms with Crippen LogP contribution in [0.15, 0.2) is 59.3 Å². The van der Waals surface area contributed by atoms with Gasteiger partial charge in [-0.3, -0.25) is 0 Å². The second-order valence-corrected chi connectivity index (χ2v) is 8.13. The Morgan fingerprint density at radius 1 is 1.03 bits per heavy atom. The Labute approximate surface area is 191 Å². The molecule has 9 nitrogen and oxygen atoms in total. The Balaban J connectivity index is 1.79. The van der Waals surface area contributed by atoms with Gasteiger partial charge in [-0.05, 0) is 50.6 Å². The number of aliphatic hydroxyl groups is 1. The summed E-state index contributed by atoms with van der Waals surface area (Å²) in [7, 11) is 0. The quantitative estimate of drug-likeness (QED) is 0.470. The number of benzene rings is 1. The van der Waals surface area contributed by atoms with Gasteiger partial charge in [0.25, 0.3) is 0 Å². The second kappa shape index (κ2) is 8.44. The topological polar surface area (TPSA) is 131 Å². The number of urea groups is 1. The molecular formula is C24H24N6O3. The molecule has 1 aromatic carbocycles. The number of oxazole rings is 1. The Morgan fingerprint density at radius 2 is 1.82 bits per heavy atom. The number of rotatable bonds is 5. The first-order valence-corrected chi connectivity index (χ1v) is 10.3. The summed E-state index contributed by atoms with van der Waals surface area (Å²) in [5.74, 6) is 1.16. The van der Waals surface area contributed by atoms with Crippen molar-refractivity contribution in [2.45, 2.75) is 33.3 Å². The molecule has 4 aromatic rings. The largest absolute Gasteiger partial charge is 0.449 e. The maximum absolute atomic E-state index is 12.6. The van der Waals surface area contributed by atoms with E-state index in [4.69, 9.17) is 10.2 Å². The highest BCUT2D eigenvalue weighted by atomic mass is 16.3. The fourth-order valence-corrected chi connectivity index (χ4v) is 3.35. The van der Waals surface area contributed by atoms with E-state index in [-0.39, 0.29) is 0 Å². The number of nitrogens with two attached hydrogens (primary N) is 1. The Kier molecular flexibility index (Phi) is 5.65. The van der Waals surface area contributed by atoms with Crippen LogP contribution in [0.5, 0.6) is 0 Å². The second-order valence-electron chi connectivity index (χ2n) is 8.13. The van der Waals surface area contributed by atoms with Crippen LogP contribution >= 0.6 is 0 Å². The Morgan fingerprint density at radius 3 is 2.48 bits per heavy atom. The van der Waals surface area contributed by atoms with Crippen molar-refractivity contribution >= 4 is 17.5 Å². The smallest absolute Gasteiger partial charge is 0.325 e. The summed E-state index contributed by atoms with van der Waals surface area (Å²) in [5, 5.41) is 10.3. The molecule has 3 heterocycles. The number of carbonyl (C=O) groups excluding carboxylic acids is 1. The highest BCUT2D eigenvalue weighted by Crippen LogP contribution is 2.32. The van der Waals surface area contributed by atoms with Crippen LogP contribution in [-0.4, -0.2) is 31.1 Å². The first-order chi connectivity index (χ1) is 15.6. The summed E-state index contributed by atoms with van der Waals surface area (Å²) in [4.78, 5) is 31.4. The third kappa shape index (κ3) is 4.58. The number of primary amides is 1. The lowest BCUT2D eigenvalue weighted by atomic mass is 10.0. The highest BCUT2D eigenvalue weighted by Gasteiger charge is 2.22. The van der Waals surface area contributed by atoms with Crippen molar-refractivity contribution in [1.29, 1.82) is 0 Å². The van der Waals surface area contributed by atoms with Gasteiger partial charge in [0, 0.05) is 18.7 Å². The summed E-state index contributed by atoms with van der Waals surface area (Å²) >= 11 is 0. The minimum atomic E-state index is -1.19. The zero-order valence-electron chi connectivity index (χ0n) is 18.8. The van der Waals surface area contributed by atoms with Crippen LogP contribution in [-0.2, 0) is 5.60 Å². The number of amides is 2. The zero-order chi connectivity index (χ0) is 23.8. The molecule has 0 bridgehead atoms. The van der Waals surface area contributed by atoms with Crippen LogP contribution in [0.3, 0.4) is 0 Å². The maximum atomic E-state index is 12.6. The molecule has 0 fully saturated rings. The normalized spacial score (nSPS) is 11.4. The lowest BCUT2D eigenvalue weighted by Gasteiger charge is -2.23. The van der Waals surface area contributed by atoms with Crippen molar-refractivity contribution < 1.29 is 14.3 Å². The standard InChI is InChI=1S/C24H24N6O3/c1-14-8-9-16(17-10-11-26-22(29-17)24(3,4)32)12-20(14)30(23(25)31)21-7-5-6-18(28-21)19-13-33-15(2)27-19/h5-13,32H,1-4H3,(H2,25,31). The van der Waals surface area contributed by atoms with E-state index in [0.717, 1.165) is 11.1 Å². The number of aromatic nitrogens is 4. The van der Waals surface area contributed by atoms with Crippen LogP contribution in [0.1, 0.15) is 31.1 Å². The van der Waals surface area contributed by atoms with E-state index >= 15 is 0 Å². The van der Waals surface area contributed by atoms with Crippen LogP contribution < -0.4 is 10.6 Å². The van der Waals surface area contributed by atoms with Crippen LogP contribution in [0.25, 0.3) is 22.6 Å². The predicted octanol–water partition coefficient (Wildman–Crippen LogP) is 4.25. The molecule has 33 heavy (non-hydrogen) atoms. The fraction of sp³-hybridized carbons (Fsp3) is 0.208. The van der Waals surface area contributed by atoms with Crippen LogP contribution in [0.2, 0.25) is 0 Å². The molecule has 3 aromatic heterocycles. The molecule has 4 rings (SSSR count). The van der Waals surface area contributed by atoms with Gasteiger partial charge in [-0.25, -0.2) is 29.6 Å². The van der Waals surface area contributed by atoms with Crippen molar-refractivity contribution in [3.8, 4) is 22.6 Å². The van der Waals surface area contributed by atoms with Gasteiger partial charge in [-0.1, -0.05) is 18.2 Å². The average molecular weight is 444 g/mol. The van der Waals surface area contributed by atoms with E-state index in [1.807, 2.05) is 25.1 Å². The van der Waals surface area contributed by atoms with Gasteiger partial charge in [0.1, 0.15) is 23.4 Å². The van der Waals surface area contributed by atoms with E-state index < -0.39 is 11.6 Å². The van der Waals surface area contributed by atoms with Crippen molar-refractivity contribution in [2.24, 2.45) is 5.73 Å². The van der Waals surface area contributed by atoms with Gasteiger partial charge in [0.15, 0.2) is 11.7 Å². The summed E-state index contributed by atoms with van der Waals surface area (Å²) in [6.07, 6.45) is 3.10. The molecule has 9 heteroatoms. The zero-order valence-corrected chi connectivity index (χ0v) is 18.8. The predicted molar refractivity (Wildman–Crippen MR) is 124 cm³/mol. The summed E-state index contributed by atoms with van der Waals surface area (Å²) < 4.78 is 5.28. The van der Waals surface area contributed by atoms with Crippen molar-refractivity contribution in [2.75, 3.05) is 4.90 Å². The molecule has 0 aliphatic carbocycles. The minimum absolute atomic E-state index is 0.297. The number of anilines is 2. The summed E-state index contributed by atoms with van der Waals surface area (Å²) in [6, 6.07) is 11.9. The van der Waals surface area contributed by atoms with Gasteiger partial charge in [-0.15, -0.1) is 0 Å². The number of aryl methyl sites for hydroxylation is 2. The minimum Gasteiger partial charge on any atom is -0.449 e. The monoisotopic (exact) mass is 444 g/mol. The molecule has 2 amide bonds. The molecule has 0 radical (unpaired) electrons. The maximum Gasteiger partial charge on any atom is 0.325 e. The molecular weight excluding hydrogens is 420 g/mol. The number of pyridine rings is 1. The third-order valence-electron chi connectivity index (χ3n) is 5.01. The van der Waals surface area contributed by atoms with Gasteiger partial charge >= 0.3 is 6.03 Å². The molecule has 0 atom stereocenters. The molecule has 0 saturated carbocycles. The van der Waals surface area contributed by atoms with Crippen LogP contribution in [0, 0.1) is 13.8 Å². The lowest BCUT2D eigenvalue weighted by molar-refractivity contribution is 0.0688. The summed E-state index contributed by atoms with van der Waals surface area (Å²) in [5.41, 5.74) is 8.43. The number of carbonyl (C=O) groups is 1. The molecule has 0 saturated heterocycles. The van der Waals surface area contributed by atoms with Gasteiger partial charge in [-0.2, -0.15) is 0 Å². The molecule has 0 unspecified atom stereocenters. The van der Waals surface area contributed by atoms with Crippen LogP contribution in [0.4, 0.5) is 16.3 Å². The third-order valence-corrected chi connectivity index (χ3v) is 5.01.